The van der Waals surface area contributed by atoms with Crippen LogP contribution in [0.15, 0.2) is 18.3 Å². The van der Waals surface area contributed by atoms with E-state index in [9.17, 15) is 9.59 Å². The summed E-state index contributed by atoms with van der Waals surface area (Å²) in [6, 6.07) is 3.33. The molecule has 0 aliphatic rings. The maximum Gasteiger partial charge on any atom is 0.274 e. The third-order valence-corrected chi connectivity index (χ3v) is 3.27. The molecule has 7 heteroatoms. The van der Waals surface area contributed by atoms with Crippen LogP contribution in [0, 0.1) is 0 Å². The molecule has 0 fully saturated rings. The Balaban J connectivity index is 2.33. The molecule has 0 saturated carbocycles. The van der Waals surface area contributed by atoms with E-state index >= 15 is 0 Å². The van der Waals surface area contributed by atoms with Gasteiger partial charge in [-0.1, -0.05) is 0 Å². The van der Waals surface area contributed by atoms with E-state index in [-0.39, 0.29) is 18.1 Å². The molecule has 18 heavy (non-hydrogen) atoms. The molecule has 1 heterocycles. The predicted octanol–water partition coefficient (Wildman–Crippen LogP) is -0.632. The Morgan fingerprint density at radius 1 is 1.56 bits per heavy atom. The minimum Gasteiger partial charge on any atom is -0.394 e. The van der Waals surface area contributed by atoms with E-state index in [1.807, 2.05) is 0 Å². The van der Waals surface area contributed by atoms with E-state index in [0.717, 1.165) is 11.8 Å². The first-order valence-corrected chi connectivity index (χ1v) is 6.52. The van der Waals surface area contributed by atoms with Crippen molar-refractivity contribution >= 4 is 23.6 Å². The number of aryl methyl sites for hydroxylation is 1. The molecule has 1 aromatic rings. The summed E-state index contributed by atoms with van der Waals surface area (Å²) >= 11 is 1.16. The Bertz CT molecular complexity index is 419. The van der Waals surface area contributed by atoms with Gasteiger partial charge in [0, 0.05) is 19.0 Å². The van der Waals surface area contributed by atoms with Gasteiger partial charge >= 0.3 is 0 Å². The molecule has 0 saturated heterocycles. The maximum absolute atomic E-state index is 11.6. The van der Waals surface area contributed by atoms with Gasteiger partial charge in [-0.2, -0.15) is 0 Å². The smallest absolute Gasteiger partial charge is 0.274 e. The molecule has 0 aliphatic heterocycles. The number of hydrogen-bond donors (Lipinski definition) is 3. The number of thioether (sulfide) groups is 1. The molecule has 1 unspecified atom stereocenters. The monoisotopic (exact) mass is 272 g/mol. The molecule has 3 N–H and O–H groups in total. The standard InChI is InChI=1S/C11H16N2O4S/c1-13-4-2-3-9(13)11(17)12-10(16)7-18-6-8(15)5-14/h2-4,8,14-15H,5-7H2,1H3,(H,12,16,17). The highest BCUT2D eigenvalue weighted by Gasteiger charge is 2.13. The normalized spacial score (nSPS) is 12.2. The lowest BCUT2D eigenvalue weighted by atomic mass is 10.4. The van der Waals surface area contributed by atoms with E-state index in [1.54, 1.807) is 29.9 Å². The summed E-state index contributed by atoms with van der Waals surface area (Å²) in [5, 5.41) is 19.9. The molecule has 0 spiro atoms. The van der Waals surface area contributed by atoms with Gasteiger partial charge in [0.25, 0.3) is 5.91 Å². The van der Waals surface area contributed by atoms with Crippen molar-refractivity contribution in [2.75, 3.05) is 18.1 Å². The highest BCUT2D eigenvalue weighted by Crippen LogP contribution is 2.03. The average Bonchev–Trinajstić information content (AvgIpc) is 2.75. The number of aromatic nitrogens is 1. The minimum absolute atomic E-state index is 0.0627. The van der Waals surface area contributed by atoms with Gasteiger partial charge in [-0.05, 0) is 12.1 Å². The predicted molar refractivity (Wildman–Crippen MR) is 68.3 cm³/mol. The van der Waals surface area contributed by atoms with Crippen LogP contribution in [0.3, 0.4) is 0 Å². The number of aliphatic hydroxyl groups excluding tert-OH is 2. The lowest BCUT2D eigenvalue weighted by Gasteiger charge is -2.07. The summed E-state index contributed by atoms with van der Waals surface area (Å²) in [6.07, 6.45) is 0.873. The quantitative estimate of drug-likeness (QED) is 0.641. The van der Waals surface area contributed by atoms with Gasteiger partial charge < -0.3 is 14.8 Å². The molecule has 0 bridgehead atoms. The molecule has 6 nitrogen and oxygen atoms in total. The lowest BCUT2D eigenvalue weighted by Crippen LogP contribution is -2.33. The van der Waals surface area contributed by atoms with Crippen molar-refractivity contribution in [1.29, 1.82) is 0 Å². The van der Waals surface area contributed by atoms with Crippen LogP contribution in [-0.4, -0.2) is 50.8 Å². The summed E-state index contributed by atoms with van der Waals surface area (Å²) in [4.78, 5) is 23.1. The summed E-state index contributed by atoms with van der Waals surface area (Å²) in [5.74, 6) is -0.553. The number of carbonyl (C=O) groups is 2. The Kier molecular flexibility index (Phi) is 5.90. The Morgan fingerprint density at radius 2 is 2.28 bits per heavy atom. The molecule has 0 aromatic carbocycles. The summed E-state index contributed by atoms with van der Waals surface area (Å²) < 4.78 is 1.62. The van der Waals surface area contributed by atoms with Crippen molar-refractivity contribution in [3.8, 4) is 0 Å². The molecule has 1 rings (SSSR count). The van der Waals surface area contributed by atoms with Crippen LogP contribution >= 0.6 is 11.8 Å². The second-order valence-corrected chi connectivity index (χ2v) is 4.76. The van der Waals surface area contributed by atoms with Crippen molar-refractivity contribution in [2.45, 2.75) is 6.10 Å². The van der Waals surface area contributed by atoms with Gasteiger partial charge in [0.05, 0.1) is 18.5 Å². The SMILES string of the molecule is Cn1cccc1C(=O)NC(=O)CSCC(O)CO. The molecule has 0 radical (unpaired) electrons. The zero-order chi connectivity index (χ0) is 13.5. The number of nitrogens with zero attached hydrogens (tertiary/aromatic N) is 1. The molecule has 100 valence electrons. The summed E-state index contributed by atoms with van der Waals surface area (Å²) in [5.41, 5.74) is 0.406. The number of nitrogens with one attached hydrogen (secondary N) is 1. The van der Waals surface area contributed by atoms with E-state index in [2.05, 4.69) is 5.32 Å². The fourth-order valence-electron chi connectivity index (χ4n) is 1.26. The average molecular weight is 272 g/mol. The maximum atomic E-state index is 11.6. The Hall–Kier alpha value is -1.31. The van der Waals surface area contributed by atoms with Crippen molar-refractivity contribution in [3.63, 3.8) is 0 Å². The first kappa shape index (κ1) is 14.7. The molecular weight excluding hydrogens is 256 g/mol. The number of aliphatic hydroxyl groups is 2. The van der Waals surface area contributed by atoms with E-state index in [1.165, 1.54) is 0 Å². The topological polar surface area (TPSA) is 91.6 Å². The molecular formula is C11H16N2O4S. The number of amides is 2. The molecule has 2 amide bonds. The van der Waals surface area contributed by atoms with Gasteiger partial charge in [-0.15, -0.1) is 11.8 Å². The fraction of sp³-hybridized carbons (Fsp3) is 0.455. The first-order chi connectivity index (χ1) is 8.54. The first-order valence-electron chi connectivity index (χ1n) is 5.36. The Morgan fingerprint density at radius 3 is 2.83 bits per heavy atom. The van der Waals surface area contributed by atoms with Crippen LogP contribution in [0.25, 0.3) is 0 Å². The van der Waals surface area contributed by atoms with Gasteiger partial charge in [0.1, 0.15) is 5.69 Å². The van der Waals surface area contributed by atoms with Crippen LogP contribution < -0.4 is 5.32 Å². The van der Waals surface area contributed by atoms with Crippen molar-refractivity contribution in [3.05, 3.63) is 24.0 Å². The highest BCUT2D eigenvalue weighted by atomic mass is 32.2. The third-order valence-electron chi connectivity index (χ3n) is 2.18. The Labute approximate surface area is 109 Å². The number of hydrogen-bond acceptors (Lipinski definition) is 5. The number of carbonyl (C=O) groups excluding carboxylic acids is 2. The van der Waals surface area contributed by atoms with Crippen molar-refractivity contribution in [1.82, 2.24) is 9.88 Å². The lowest BCUT2D eigenvalue weighted by molar-refractivity contribution is -0.117. The largest absolute Gasteiger partial charge is 0.394 e. The highest BCUT2D eigenvalue weighted by molar-refractivity contribution is 7.99. The fourth-order valence-corrected chi connectivity index (χ4v) is 2.02. The zero-order valence-corrected chi connectivity index (χ0v) is 10.8. The van der Waals surface area contributed by atoms with Gasteiger partial charge in [-0.25, -0.2) is 0 Å². The van der Waals surface area contributed by atoms with Gasteiger partial charge in [0.2, 0.25) is 5.91 Å². The van der Waals surface area contributed by atoms with E-state index in [0.29, 0.717) is 5.69 Å². The van der Waals surface area contributed by atoms with Crippen LogP contribution in [0.1, 0.15) is 10.5 Å². The summed E-state index contributed by atoms with van der Waals surface area (Å²) in [6.45, 7) is -0.336. The van der Waals surface area contributed by atoms with Crippen molar-refractivity contribution in [2.24, 2.45) is 7.05 Å². The van der Waals surface area contributed by atoms with Crippen LogP contribution in [0.5, 0.6) is 0 Å². The molecule has 1 aromatic heterocycles. The van der Waals surface area contributed by atoms with Gasteiger partial charge in [0.15, 0.2) is 0 Å². The van der Waals surface area contributed by atoms with Crippen LogP contribution in [0.4, 0.5) is 0 Å². The number of rotatable bonds is 6. The van der Waals surface area contributed by atoms with Gasteiger partial charge in [-0.3, -0.25) is 14.9 Å². The summed E-state index contributed by atoms with van der Waals surface area (Å²) in [7, 11) is 1.71. The zero-order valence-electron chi connectivity index (χ0n) is 10.00. The second kappa shape index (κ2) is 7.20. The molecule has 0 aliphatic carbocycles. The third kappa shape index (κ3) is 4.52. The van der Waals surface area contributed by atoms with Crippen LogP contribution in [0.2, 0.25) is 0 Å². The van der Waals surface area contributed by atoms with E-state index < -0.39 is 17.9 Å². The van der Waals surface area contributed by atoms with Crippen molar-refractivity contribution < 1.29 is 19.8 Å². The minimum atomic E-state index is -0.841. The molecule has 1 atom stereocenters. The second-order valence-electron chi connectivity index (χ2n) is 3.73. The van der Waals surface area contributed by atoms with Crippen LogP contribution in [-0.2, 0) is 11.8 Å². The van der Waals surface area contributed by atoms with E-state index in [4.69, 9.17) is 10.2 Å². The number of imide groups is 1.